The average molecular weight is 341 g/mol. The minimum absolute atomic E-state index is 0.0261. The molecule has 0 bridgehead atoms. The van der Waals surface area contributed by atoms with E-state index in [0.717, 1.165) is 11.8 Å². The van der Waals surface area contributed by atoms with Gasteiger partial charge in [-0.15, -0.1) is 16.7 Å². The average Bonchev–Trinajstić information content (AvgIpc) is 2.78. The molecule has 11 heteroatoms. The highest BCUT2D eigenvalue weighted by atomic mass is 35.5. The van der Waals surface area contributed by atoms with Gasteiger partial charge in [-0.2, -0.15) is 0 Å². The van der Waals surface area contributed by atoms with E-state index in [1.54, 1.807) is 0 Å². The van der Waals surface area contributed by atoms with Crippen LogP contribution in [0.2, 0.25) is 0 Å². The van der Waals surface area contributed by atoms with Crippen molar-refractivity contribution in [2.24, 2.45) is 7.05 Å². The highest BCUT2D eigenvalue weighted by molar-refractivity contribution is 7.99. The molecule has 0 saturated carbocycles. The number of H-pyrrole nitrogens is 1. The monoisotopic (exact) mass is 340 g/mol. The van der Waals surface area contributed by atoms with Crippen LogP contribution in [0.4, 0.5) is 0 Å². The highest BCUT2D eigenvalue weighted by Gasteiger charge is 2.37. The number of rotatable bonds is 4. The van der Waals surface area contributed by atoms with Gasteiger partial charge in [-0.1, -0.05) is 11.8 Å². The summed E-state index contributed by atoms with van der Waals surface area (Å²) in [7, 11) is -1.64. The zero-order chi connectivity index (χ0) is 14.9. The van der Waals surface area contributed by atoms with E-state index in [1.165, 1.54) is 11.6 Å². The van der Waals surface area contributed by atoms with Crippen LogP contribution in [0.3, 0.4) is 0 Å². The maximum absolute atomic E-state index is 11.7. The topological polar surface area (TPSA) is 114 Å². The molecule has 1 aliphatic heterocycles. The van der Waals surface area contributed by atoms with Crippen molar-refractivity contribution < 1.29 is 13.2 Å². The fraction of sp³-hybridized carbons (Fsp3) is 0.667. The number of hydrogen-bond acceptors (Lipinski definition) is 6. The third-order valence-corrected chi connectivity index (χ3v) is 6.21. The molecule has 0 aliphatic carbocycles. The first kappa shape index (κ1) is 15.4. The Hall–Kier alpha value is -1.00. The third-order valence-electron chi connectivity index (χ3n) is 2.80. The number of aromatic nitrogens is 3. The van der Waals surface area contributed by atoms with Crippen molar-refractivity contribution in [2.45, 2.75) is 16.6 Å². The number of hydrogen-bond donors (Lipinski definition) is 2. The van der Waals surface area contributed by atoms with E-state index in [0.29, 0.717) is 5.16 Å². The summed E-state index contributed by atoms with van der Waals surface area (Å²) < 4.78 is 24.0. The van der Waals surface area contributed by atoms with Crippen molar-refractivity contribution in [1.82, 2.24) is 20.1 Å². The molecule has 1 aliphatic rings. The molecule has 2 atom stereocenters. The second-order valence-electron chi connectivity index (χ2n) is 4.43. The molecule has 0 unspecified atom stereocenters. The molecule has 1 amide bonds. The normalized spacial score (nSPS) is 24.7. The third kappa shape index (κ3) is 3.55. The van der Waals surface area contributed by atoms with Crippen LogP contribution in [-0.2, 0) is 21.7 Å². The second-order valence-corrected chi connectivity index (χ2v) is 8.08. The van der Waals surface area contributed by atoms with Gasteiger partial charge in [-0.25, -0.2) is 18.3 Å². The van der Waals surface area contributed by atoms with E-state index in [9.17, 15) is 18.0 Å². The molecule has 1 aromatic heterocycles. The van der Waals surface area contributed by atoms with Crippen LogP contribution in [-0.4, -0.2) is 57.8 Å². The van der Waals surface area contributed by atoms with Gasteiger partial charge in [0.2, 0.25) is 5.91 Å². The fourth-order valence-corrected chi connectivity index (χ4v) is 5.06. The molecule has 112 valence electrons. The second kappa shape index (κ2) is 5.78. The standard InChI is InChI=1S/C9H13ClN4O4S2/c1-14-8(16)12-13-9(14)19-2-7(15)11-6-4-20(17,18)3-5(6)10/h5-6H,2-4H2,1H3,(H,11,15)(H,12,16)/t5-,6+/m0/s1. The van der Waals surface area contributed by atoms with Crippen LogP contribution in [0.25, 0.3) is 0 Å². The molecule has 0 spiro atoms. The predicted molar refractivity (Wildman–Crippen MR) is 74.8 cm³/mol. The number of carbonyl (C=O) groups is 1. The molecule has 2 heterocycles. The van der Waals surface area contributed by atoms with Crippen LogP contribution in [0.5, 0.6) is 0 Å². The number of nitrogens with zero attached hydrogens (tertiary/aromatic N) is 2. The van der Waals surface area contributed by atoms with Gasteiger partial charge in [-0.3, -0.25) is 9.36 Å². The van der Waals surface area contributed by atoms with E-state index < -0.39 is 21.3 Å². The summed E-state index contributed by atoms with van der Waals surface area (Å²) in [5.74, 6) is -0.588. The summed E-state index contributed by atoms with van der Waals surface area (Å²) in [6.45, 7) is 0. The summed E-state index contributed by atoms with van der Waals surface area (Å²) in [5, 5.41) is 8.36. The Morgan fingerprint density at radius 2 is 2.30 bits per heavy atom. The van der Waals surface area contributed by atoms with E-state index in [1.807, 2.05) is 0 Å². The van der Waals surface area contributed by atoms with Crippen molar-refractivity contribution in [3.63, 3.8) is 0 Å². The molecule has 0 radical (unpaired) electrons. The number of sulfone groups is 1. The van der Waals surface area contributed by atoms with Crippen molar-refractivity contribution in [3.8, 4) is 0 Å². The van der Waals surface area contributed by atoms with Gasteiger partial charge >= 0.3 is 5.69 Å². The fourth-order valence-electron chi connectivity index (χ4n) is 1.78. The summed E-state index contributed by atoms with van der Waals surface area (Å²) in [6.07, 6.45) is 0. The molecular formula is C9H13ClN4O4S2. The molecule has 0 aromatic carbocycles. The first-order chi connectivity index (χ1) is 9.28. The largest absolute Gasteiger partial charge is 0.350 e. The van der Waals surface area contributed by atoms with E-state index >= 15 is 0 Å². The van der Waals surface area contributed by atoms with Crippen molar-refractivity contribution in [1.29, 1.82) is 0 Å². The van der Waals surface area contributed by atoms with Crippen molar-refractivity contribution in [2.75, 3.05) is 17.3 Å². The van der Waals surface area contributed by atoms with Crippen LogP contribution in [0.1, 0.15) is 0 Å². The molecule has 2 rings (SSSR count). The highest BCUT2D eigenvalue weighted by Crippen LogP contribution is 2.18. The number of amides is 1. The molecular weight excluding hydrogens is 328 g/mol. The molecule has 8 nitrogen and oxygen atoms in total. The number of aromatic amines is 1. The SMILES string of the molecule is Cn1c(SCC(=O)N[C@@H]2CS(=O)(=O)C[C@@H]2Cl)n[nH]c1=O. The van der Waals surface area contributed by atoms with Crippen molar-refractivity contribution in [3.05, 3.63) is 10.5 Å². The number of nitrogens with one attached hydrogen (secondary N) is 2. The first-order valence-corrected chi connectivity index (χ1v) is 8.91. The summed E-state index contributed by atoms with van der Waals surface area (Å²) >= 11 is 6.97. The van der Waals surface area contributed by atoms with E-state index in [4.69, 9.17) is 11.6 Å². The number of thioether (sulfide) groups is 1. The smallest absolute Gasteiger partial charge is 0.343 e. The summed E-state index contributed by atoms with van der Waals surface area (Å²) in [4.78, 5) is 22.9. The minimum Gasteiger partial charge on any atom is -0.350 e. The Morgan fingerprint density at radius 1 is 1.60 bits per heavy atom. The van der Waals surface area contributed by atoms with Gasteiger partial charge in [-0.05, 0) is 0 Å². The number of halogens is 1. The Morgan fingerprint density at radius 3 is 2.80 bits per heavy atom. The maximum atomic E-state index is 11.7. The predicted octanol–water partition coefficient (Wildman–Crippen LogP) is -1.28. The van der Waals surface area contributed by atoms with E-state index in [-0.39, 0.29) is 28.9 Å². The molecule has 1 saturated heterocycles. The van der Waals surface area contributed by atoms with Gasteiger partial charge in [0.1, 0.15) is 0 Å². The molecule has 20 heavy (non-hydrogen) atoms. The van der Waals surface area contributed by atoms with Gasteiger partial charge < -0.3 is 5.32 Å². The lowest BCUT2D eigenvalue weighted by Gasteiger charge is -2.13. The van der Waals surface area contributed by atoms with Gasteiger partial charge in [0.25, 0.3) is 0 Å². The lowest BCUT2D eigenvalue weighted by atomic mass is 10.2. The zero-order valence-electron chi connectivity index (χ0n) is 10.5. The lowest BCUT2D eigenvalue weighted by molar-refractivity contribution is -0.119. The van der Waals surface area contributed by atoms with E-state index in [2.05, 4.69) is 15.5 Å². The Bertz CT molecular complexity index is 668. The first-order valence-electron chi connectivity index (χ1n) is 5.66. The summed E-state index contributed by atoms with van der Waals surface area (Å²) in [6, 6.07) is -0.572. The Kier molecular flexibility index (Phi) is 4.45. The summed E-state index contributed by atoms with van der Waals surface area (Å²) in [5.41, 5.74) is -0.365. The van der Waals surface area contributed by atoms with Crippen LogP contribution < -0.4 is 11.0 Å². The van der Waals surface area contributed by atoms with Gasteiger partial charge in [0.05, 0.1) is 28.7 Å². The number of alkyl halides is 1. The van der Waals surface area contributed by atoms with Gasteiger partial charge in [0, 0.05) is 7.05 Å². The van der Waals surface area contributed by atoms with Crippen LogP contribution >= 0.6 is 23.4 Å². The van der Waals surface area contributed by atoms with Crippen LogP contribution in [0.15, 0.2) is 9.95 Å². The minimum atomic E-state index is -3.18. The molecule has 1 fully saturated rings. The Labute approximate surface area is 124 Å². The lowest BCUT2D eigenvalue weighted by Crippen LogP contribution is -2.41. The van der Waals surface area contributed by atoms with Gasteiger partial charge in [0.15, 0.2) is 15.0 Å². The number of carbonyl (C=O) groups excluding carboxylic acids is 1. The van der Waals surface area contributed by atoms with Crippen molar-refractivity contribution >= 4 is 39.1 Å². The quantitative estimate of drug-likeness (QED) is 0.521. The molecule has 1 aromatic rings. The van der Waals surface area contributed by atoms with Crippen LogP contribution in [0, 0.1) is 0 Å². The maximum Gasteiger partial charge on any atom is 0.343 e. The molecule has 2 N–H and O–H groups in total. The zero-order valence-corrected chi connectivity index (χ0v) is 12.9. The Balaban J connectivity index is 1.87.